The maximum atomic E-state index is 6.04. The smallest absolute Gasteiger partial charge is 0.0511 e. The SMILES string of the molecule is CC(N)C(c1cccnc1)N(C)C(C)C. The molecule has 1 heterocycles. The van der Waals surface area contributed by atoms with Crippen LogP contribution in [0.25, 0.3) is 0 Å². The molecule has 0 saturated heterocycles. The lowest BCUT2D eigenvalue weighted by molar-refractivity contribution is 0.175. The third-order valence-corrected chi connectivity index (χ3v) is 2.78. The summed E-state index contributed by atoms with van der Waals surface area (Å²) in [5.41, 5.74) is 7.22. The fourth-order valence-corrected chi connectivity index (χ4v) is 1.78. The Morgan fingerprint density at radius 2 is 2.00 bits per heavy atom. The summed E-state index contributed by atoms with van der Waals surface area (Å²) in [6, 6.07) is 4.85. The standard InChI is InChI=1S/C12H21N3/c1-9(2)15(4)12(10(3)13)11-6-5-7-14-8-11/h5-10,12H,13H2,1-4H3. The third kappa shape index (κ3) is 3.01. The Bertz CT molecular complexity index is 282. The van der Waals surface area contributed by atoms with Gasteiger partial charge in [-0.05, 0) is 39.4 Å². The normalized spacial score (nSPS) is 15.7. The zero-order chi connectivity index (χ0) is 11.4. The van der Waals surface area contributed by atoms with Crippen molar-refractivity contribution in [2.24, 2.45) is 5.73 Å². The van der Waals surface area contributed by atoms with Crippen LogP contribution in [0, 0.1) is 0 Å². The van der Waals surface area contributed by atoms with Crippen molar-refractivity contribution < 1.29 is 0 Å². The molecule has 1 aromatic rings. The predicted octanol–water partition coefficient (Wildman–Crippen LogP) is 1.81. The average molecular weight is 207 g/mol. The van der Waals surface area contributed by atoms with Gasteiger partial charge in [-0.3, -0.25) is 9.88 Å². The molecule has 0 radical (unpaired) electrons. The molecule has 0 aromatic carbocycles. The number of pyridine rings is 1. The molecule has 1 rings (SSSR count). The Morgan fingerprint density at radius 1 is 1.33 bits per heavy atom. The van der Waals surface area contributed by atoms with Crippen molar-refractivity contribution in [3.63, 3.8) is 0 Å². The number of rotatable bonds is 4. The van der Waals surface area contributed by atoms with Crippen molar-refractivity contribution in [1.82, 2.24) is 9.88 Å². The zero-order valence-corrected chi connectivity index (χ0v) is 10.0. The number of hydrogen-bond acceptors (Lipinski definition) is 3. The van der Waals surface area contributed by atoms with E-state index < -0.39 is 0 Å². The van der Waals surface area contributed by atoms with Gasteiger partial charge in [-0.2, -0.15) is 0 Å². The van der Waals surface area contributed by atoms with Gasteiger partial charge in [0, 0.05) is 24.5 Å². The van der Waals surface area contributed by atoms with Crippen LogP contribution in [-0.4, -0.2) is 29.0 Å². The molecule has 2 unspecified atom stereocenters. The summed E-state index contributed by atoms with van der Waals surface area (Å²) in [5, 5.41) is 0. The molecule has 0 spiro atoms. The molecule has 0 bridgehead atoms. The van der Waals surface area contributed by atoms with E-state index in [1.807, 2.05) is 19.2 Å². The van der Waals surface area contributed by atoms with E-state index in [9.17, 15) is 0 Å². The van der Waals surface area contributed by atoms with Crippen LogP contribution in [0.5, 0.6) is 0 Å². The van der Waals surface area contributed by atoms with E-state index in [-0.39, 0.29) is 12.1 Å². The number of hydrogen-bond donors (Lipinski definition) is 1. The Labute approximate surface area is 92.3 Å². The summed E-state index contributed by atoms with van der Waals surface area (Å²) in [6.07, 6.45) is 3.68. The number of aromatic nitrogens is 1. The maximum Gasteiger partial charge on any atom is 0.0511 e. The summed E-state index contributed by atoms with van der Waals surface area (Å²) in [5.74, 6) is 0. The highest BCUT2D eigenvalue weighted by Crippen LogP contribution is 2.22. The largest absolute Gasteiger partial charge is 0.326 e. The first-order valence-corrected chi connectivity index (χ1v) is 5.41. The minimum atomic E-state index is 0.0987. The summed E-state index contributed by atoms with van der Waals surface area (Å²) in [6.45, 7) is 6.38. The first-order chi connectivity index (χ1) is 7.04. The molecule has 0 aliphatic heterocycles. The highest BCUT2D eigenvalue weighted by Gasteiger charge is 2.22. The second kappa shape index (κ2) is 5.24. The van der Waals surface area contributed by atoms with Crippen LogP contribution in [0.3, 0.4) is 0 Å². The van der Waals surface area contributed by atoms with Gasteiger partial charge in [0.2, 0.25) is 0 Å². The lowest BCUT2D eigenvalue weighted by Gasteiger charge is -2.34. The molecule has 0 fully saturated rings. The summed E-state index contributed by atoms with van der Waals surface area (Å²) in [7, 11) is 2.10. The van der Waals surface area contributed by atoms with Crippen LogP contribution >= 0.6 is 0 Å². The van der Waals surface area contributed by atoms with Crippen molar-refractivity contribution in [1.29, 1.82) is 0 Å². The monoisotopic (exact) mass is 207 g/mol. The van der Waals surface area contributed by atoms with Crippen LogP contribution in [0.15, 0.2) is 24.5 Å². The lowest BCUT2D eigenvalue weighted by atomic mass is 10.0. The van der Waals surface area contributed by atoms with Gasteiger partial charge in [0.05, 0.1) is 6.04 Å². The van der Waals surface area contributed by atoms with Crippen molar-refractivity contribution in [3.8, 4) is 0 Å². The third-order valence-electron chi connectivity index (χ3n) is 2.78. The van der Waals surface area contributed by atoms with Crippen molar-refractivity contribution in [2.75, 3.05) is 7.05 Å². The summed E-state index contributed by atoms with van der Waals surface area (Å²) < 4.78 is 0. The van der Waals surface area contributed by atoms with Crippen LogP contribution in [0.2, 0.25) is 0 Å². The van der Waals surface area contributed by atoms with E-state index in [2.05, 4.69) is 36.8 Å². The molecule has 2 atom stereocenters. The minimum Gasteiger partial charge on any atom is -0.326 e. The summed E-state index contributed by atoms with van der Waals surface area (Å²) in [4.78, 5) is 6.43. The molecule has 0 aliphatic rings. The molecule has 0 saturated carbocycles. The molecule has 15 heavy (non-hydrogen) atoms. The Balaban J connectivity index is 2.93. The first kappa shape index (κ1) is 12.1. The summed E-state index contributed by atoms with van der Waals surface area (Å²) >= 11 is 0. The molecule has 1 aromatic heterocycles. The van der Waals surface area contributed by atoms with Gasteiger partial charge in [0.1, 0.15) is 0 Å². The minimum absolute atomic E-state index is 0.0987. The van der Waals surface area contributed by atoms with Crippen LogP contribution in [-0.2, 0) is 0 Å². The maximum absolute atomic E-state index is 6.04. The number of nitrogens with zero attached hydrogens (tertiary/aromatic N) is 2. The molecule has 2 N–H and O–H groups in total. The molecule has 0 amide bonds. The molecule has 0 aliphatic carbocycles. The molecular weight excluding hydrogens is 186 g/mol. The fourth-order valence-electron chi connectivity index (χ4n) is 1.78. The zero-order valence-electron chi connectivity index (χ0n) is 10.0. The Kier molecular flexibility index (Phi) is 4.24. The number of nitrogens with two attached hydrogens (primary N) is 1. The average Bonchev–Trinajstić information content (AvgIpc) is 2.18. The highest BCUT2D eigenvalue weighted by atomic mass is 15.2. The quantitative estimate of drug-likeness (QED) is 0.818. The first-order valence-electron chi connectivity index (χ1n) is 5.41. The topological polar surface area (TPSA) is 42.1 Å². The van der Waals surface area contributed by atoms with Gasteiger partial charge < -0.3 is 5.73 Å². The predicted molar refractivity (Wildman–Crippen MR) is 63.5 cm³/mol. The van der Waals surface area contributed by atoms with Gasteiger partial charge in [0.15, 0.2) is 0 Å². The Morgan fingerprint density at radius 3 is 2.40 bits per heavy atom. The van der Waals surface area contributed by atoms with E-state index in [4.69, 9.17) is 5.73 Å². The second-order valence-corrected chi connectivity index (χ2v) is 4.35. The molecule has 84 valence electrons. The van der Waals surface area contributed by atoms with Crippen LogP contribution < -0.4 is 5.73 Å². The molecule has 3 nitrogen and oxygen atoms in total. The van der Waals surface area contributed by atoms with E-state index in [0.717, 1.165) is 0 Å². The lowest BCUT2D eigenvalue weighted by Crippen LogP contribution is -2.40. The van der Waals surface area contributed by atoms with Gasteiger partial charge >= 0.3 is 0 Å². The van der Waals surface area contributed by atoms with E-state index >= 15 is 0 Å². The van der Waals surface area contributed by atoms with E-state index in [1.165, 1.54) is 5.56 Å². The van der Waals surface area contributed by atoms with E-state index in [0.29, 0.717) is 6.04 Å². The molecular formula is C12H21N3. The van der Waals surface area contributed by atoms with Crippen molar-refractivity contribution in [2.45, 2.75) is 38.9 Å². The fraction of sp³-hybridized carbons (Fsp3) is 0.583. The van der Waals surface area contributed by atoms with Crippen molar-refractivity contribution in [3.05, 3.63) is 30.1 Å². The number of likely N-dealkylation sites (N-methyl/N-ethyl adjacent to an activating group) is 1. The van der Waals surface area contributed by atoms with Gasteiger partial charge in [-0.15, -0.1) is 0 Å². The Hall–Kier alpha value is -0.930. The van der Waals surface area contributed by atoms with E-state index in [1.54, 1.807) is 6.20 Å². The molecule has 3 heteroatoms. The van der Waals surface area contributed by atoms with Crippen molar-refractivity contribution >= 4 is 0 Å². The van der Waals surface area contributed by atoms with Crippen LogP contribution in [0.1, 0.15) is 32.4 Å². The van der Waals surface area contributed by atoms with Crippen LogP contribution in [0.4, 0.5) is 0 Å². The second-order valence-electron chi connectivity index (χ2n) is 4.35. The van der Waals surface area contributed by atoms with Gasteiger partial charge in [-0.25, -0.2) is 0 Å². The van der Waals surface area contributed by atoms with Gasteiger partial charge in [-0.1, -0.05) is 6.07 Å². The van der Waals surface area contributed by atoms with Gasteiger partial charge in [0.25, 0.3) is 0 Å². The highest BCUT2D eigenvalue weighted by molar-refractivity contribution is 5.16.